The van der Waals surface area contributed by atoms with Gasteiger partial charge in [0.05, 0.1) is 18.9 Å². The van der Waals surface area contributed by atoms with Crippen molar-refractivity contribution in [2.75, 3.05) is 26.2 Å². The van der Waals surface area contributed by atoms with Gasteiger partial charge in [0.25, 0.3) is 0 Å². The van der Waals surface area contributed by atoms with Crippen molar-refractivity contribution >= 4 is 5.96 Å². The van der Waals surface area contributed by atoms with Crippen LogP contribution in [0.4, 0.5) is 0 Å². The molecular formula is C24H34N4O2. The van der Waals surface area contributed by atoms with E-state index in [-0.39, 0.29) is 6.04 Å². The van der Waals surface area contributed by atoms with Crippen LogP contribution in [0, 0.1) is 5.92 Å². The number of fused-ring (bicyclic) bond motifs is 1. The first-order chi connectivity index (χ1) is 14.6. The van der Waals surface area contributed by atoms with Crippen LogP contribution in [0.25, 0.3) is 0 Å². The molecule has 3 unspecified atom stereocenters. The van der Waals surface area contributed by atoms with Crippen LogP contribution in [-0.2, 0) is 6.42 Å². The zero-order chi connectivity index (χ0) is 20.9. The predicted molar refractivity (Wildman–Crippen MR) is 120 cm³/mol. The van der Waals surface area contributed by atoms with Gasteiger partial charge in [-0.1, -0.05) is 25.1 Å². The minimum absolute atomic E-state index is 0.197. The molecule has 162 valence electrons. The number of rotatable bonds is 6. The molecule has 1 saturated heterocycles. The maximum atomic E-state index is 5.84. The first-order valence-electron chi connectivity index (χ1n) is 11.2. The Labute approximate surface area is 179 Å². The van der Waals surface area contributed by atoms with Gasteiger partial charge in [-0.3, -0.25) is 9.89 Å². The molecular weight excluding hydrogens is 376 g/mol. The highest BCUT2D eigenvalue weighted by atomic mass is 16.5. The Kier molecular flexibility index (Phi) is 6.62. The highest BCUT2D eigenvalue weighted by molar-refractivity contribution is 5.81. The van der Waals surface area contributed by atoms with Crippen molar-refractivity contribution in [1.29, 1.82) is 0 Å². The standard InChI is InChI=1S/C24H34N4O2/c1-17(2)28-15-18(3)22(16-28)27-24(25-12-10-19-7-6-13-29-19)26-21-11-14-30-23-9-5-4-8-20(21)23/h4-9,13,17-18,21-22H,10-12,14-16H2,1-3H3,(H2,25,26,27). The molecule has 0 saturated carbocycles. The maximum absolute atomic E-state index is 5.84. The molecule has 2 aliphatic heterocycles. The fourth-order valence-corrected chi connectivity index (χ4v) is 4.31. The number of furan rings is 1. The molecule has 2 aliphatic rings. The normalized spacial score (nSPS) is 24.5. The number of ether oxygens (including phenoxy) is 1. The first-order valence-corrected chi connectivity index (χ1v) is 11.2. The topological polar surface area (TPSA) is 62.0 Å². The molecule has 3 atom stereocenters. The molecule has 1 aromatic heterocycles. The molecule has 2 N–H and O–H groups in total. The highest BCUT2D eigenvalue weighted by Gasteiger charge is 2.32. The van der Waals surface area contributed by atoms with E-state index in [1.54, 1.807) is 6.26 Å². The number of hydrogen-bond acceptors (Lipinski definition) is 4. The smallest absolute Gasteiger partial charge is 0.192 e. The van der Waals surface area contributed by atoms with Crippen LogP contribution < -0.4 is 15.4 Å². The number of aliphatic imine (C=N–C) groups is 1. The monoisotopic (exact) mass is 410 g/mol. The zero-order valence-electron chi connectivity index (χ0n) is 18.3. The Morgan fingerprint density at radius 2 is 2.03 bits per heavy atom. The van der Waals surface area contributed by atoms with Crippen LogP contribution in [-0.4, -0.2) is 49.2 Å². The lowest BCUT2D eigenvalue weighted by molar-refractivity contribution is 0.260. The van der Waals surface area contributed by atoms with E-state index in [4.69, 9.17) is 14.1 Å². The van der Waals surface area contributed by atoms with E-state index in [1.165, 1.54) is 5.56 Å². The van der Waals surface area contributed by atoms with E-state index in [0.29, 0.717) is 24.5 Å². The molecule has 0 amide bonds. The molecule has 6 nitrogen and oxygen atoms in total. The maximum Gasteiger partial charge on any atom is 0.192 e. The zero-order valence-corrected chi connectivity index (χ0v) is 18.3. The fraction of sp³-hybridized carbons (Fsp3) is 0.542. The second-order valence-electron chi connectivity index (χ2n) is 8.71. The minimum Gasteiger partial charge on any atom is -0.493 e. The van der Waals surface area contributed by atoms with Crippen molar-refractivity contribution in [3.8, 4) is 5.75 Å². The molecule has 0 aliphatic carbocycles. The molecule has 0 radical (unpaired) electrons. The van der Waals surface area contributed by atoms with Crippen LogP contribution in [0.2, 0.25) is 0 Å². The van der Waals surface area contributed by atoms with Crippen molar-refractivity contribution in [3.63, 3.8) is 0 Å². The lowest BCUT2D eigenvalue weighted by Gasteiger charge is -2.29. The first kappa shape index (κ1) is 20.8. The number of nitrogens with one attached hydrogen (secondary N) is 2. The molecule has 6 heteroatoms. The van der Waals surface area contributed by atoms with Crippen molar-refractivity contribution < 1.29 is 9.15 Å². The van der Waals surface area contributed by atoms with Gasteiger partial charge in [0.1, 0.15) is 11.5 Å². The molecule has 2 aromatic rings. The highest BCUT2D eigenvalue weighted by Crippen LogP contribution is 2.31. The van der Waals surface area contributed by atoms with Gasteiger partial charge >= 0.3 is 0 Å². The summed E-state index contributed by atoms with van der Waals surface area (Å²) in [6.45, 7) is 10.4. The Bertz CT molecular complexity index is 833. The van der Waals surface area contributed by atoms with E-state index in [0.717, 1.165) is 50.0 Å². The largest absolute Gasteiger partial charge is 0.493 e. The molecule has 4 rings (SSSR count). The van der Waals surface area contributed by atoms with E-state index < -0.39 is 0 Å². The van der Waals surface area contributed by atoms with Crippen molar-refractivity contribution in [1.82, 2.24) is 15.5 Å². The quantitative estimate of drug-likeness (QED) is 0.563. The number of hydrogen-bond donors (Lipinski definition) is 2. The van der Waals surface area contributed by atoms with Crippen molar-refractivity contribution in [3.05, 3.63) is 54.0 Å². The van der Waals surface area contributed by atoms with Gasteiger partial charge in [-0.25, -0.2) is 0 Å². The van der Waals surface area contributed by atoms with Crippen LogP contribution in [0.15, 0.2) is 52.1 Å². The third-order valence-electron chi connectivity index (χ3n) is 6.17. The van der Waals surface area contributed by atoms with Gasteiger partial charge in [0, 0.05) is 50.1 Å². The summed E-state index contributed by atoms with van der Waals surface area (Å²) in [5.41, 5.74) is 1.20. The SMILES string of the molecule is CC1CN(C(C)C)CC1NC(=NCCc1ccco1)NC1CCOc2ccccc21. The third kappa shape index (κ3) is 4.98. The number of likely N-dealkylation sites (tertiary alicyclic amines) is 1. The van der Waals surface area contributed by atoms with Crippen LogP contribution in [0.1, 0.15) is 44.6 Å². The van der Waals surface area contributed by atoms with E-state index in [1.807, 2.05) is 24.3 Å². The summed E-state index contributed by atoms with van der Waals surface area (Å²) < 4.78 is 11.3. The Morgan fingerprint density at radius 3 is 2.80 bits per heavy atom. The summed E-state index contributed by atoms with van der Waals surface area (Å²) >= 11 is 0. The Balaban J connectivity index is 1.47. The second kappa shape index (κ2) is 9.56. The minimum atomic E-state index is 0.197. The summed E-state index contributed by atoms with van der Waals surface area (Å²) in [4.78, 5) is 7.44. The molecule has 0 spiro atoms. The van der Waals surface area contributed by atoms with E-state index >= 15 is 0 Å². The Morgan fingerprint density at radius 1 is 1.17 bits per heavy atom. The number of nitrogens with zero attached hydrogens (tertiary/aromatic N) is 2. The van der Waals surface area contributed by atoms with E-state index in [9.17, 15) is 0 Å². The van der Waals surface area contributed by atoms with Crippen molar-refractivity contribution in [2.45, 2.75) is 51.7 Å². The summed E-state index contributed by atoms with van der Waals surface area (Å²) in [6, 6.07) is 13.4. The lowest BCUT2D eigenvalue weighted by Crippen LogP contribution is -2.48. The Hall–Kier alpha value is -2.47. The van der Waals surface area contributed by atoms with Gasteiger partial charge in [-0.05, 0) is 38.0 Å². The number of benzene rings is 1. The summed E-state index contributed by atoms with van der Waals surface area (Å²) in [5.74, 6) is 3.39. The molecule has 3 heterocycles. The summed E-state index contributed by atoms with van der Waals surface area (Å²) in [6.07, 6.45) is 3.44. The van der Waals surface area contributed by atoms with Crippen LogP contribution in [0.3, 0.4) is 0 Å². The average molecular weight is 411 g/mol. The summed E-state index contributed by atoms with van der Waals surface area (Å²) in [5, 5.41) is 7.43. The second-order valence-corrected chi connectivity index (χ2v) is 8.71. The molecule has 0 bridgehead atoms. The number of guanidine groups is 1. The van der Waals surface area contributed by atoms with Gasteiger partial charge in [0.15, 0.2) is 5.96 Å². The van der Waals surface area contributed by atoms with Crippen LogP contribution in [0.5, 0.6) is 5.75 Å². The van der Waals surface area contributed by atoms with Gasteiger partial charge in [0.2, 0.25) is 0 Å². The van der Waals surface area contributed by atoms with E-state index in [2.05, 4.69) is 48.4 Å². The number of para-hydroxylation sites is 1. The third-order valence-corrected chi connectivity index (χ3v) is 6.17. The van der Waals surface area contributed by atoms with Crippen LogP contribution >= 0.6 is 0 Å². The average Bonchev–Trinajstić information content (AvgIpc) is 3.38. The molecule has 1 aromatic carbocycles. The van der Waals surface area contributed by atoms with Gasteiger partial charge in [-0.2, -0.15) is 0 Å². The predicted octanol–water partition coefficient (Wildman–Crippen LogP) is 3.61. The lowest BCUT2D eigenvalue weighted by atomic mass is 10.0. The molecule has 1 fully saturated rings. The fourth-order valence-electron chi connectivity index (χ4n) is 4.31. The molecule has 30 heavy (non-hydrogen) atoms. The van der Waals surface area contributed by atoms with Gasteiger partial charge < -0.3 is 19.8 Å². The van der Waals surface area contributed by atoms with Crippen molar-refractivity contribution in [2.24, 2.45) is 10.9 Å². The summed E-state index contributed by atoms with van der Waals surface area (Å²) in [7, 11) is 0. The van der Waals surface area contributed by atoms with Gasteiger partial charge in [-0.15, -0.1) is 0 Å².